The van der Waals surface area contributed by atoms with Crippen LogP contribution in [0.25, 0.3) is 21.8 Å². The van der Waals surface area contributed by atoms with Gasteiger partial charge in [-0.25, -0.2) is 23.2 Å². The van der Waals surface area contributed by atoms with E-state index in [0.717, 1.165) is 16.7 Å². The molecule has 2 heterocycles. The summed E-state index contributed by atoms with van der Waals surface area (Å²) in [7, 11) is -3.45. The molecule has 3 aromatic rings. The smallest absolute Gasteiger partial charge is 0.321 e. The van der Waals surface area contributed by atoms with E-state index >= 15 is 0 Å². The number of rotatable bonds is 6. The normalized spacial score (nSPS) is 11.1. The van der Waals surface area contributed by atoms with Crippen molar-refractivity contribution in [2.75, 3.05) is 18.1 Å². The summed E-state index contributed by atoms with van der Waals surface area (Å²) in [4.78, 5) is 24.3. The van der Waals surface area contributed by atoms with E-state index in [-0.39, 0.29) is 17.9 Å². The Morgan fingerprint density at radius 2 is 2.17 bits per heavy atom. The van der Waals surface area contributed by atoms with Crippen molar-refractivity contribution in [3.8, 4) is 27.9 Å². The van der Waals surface area contributed by atoms with Crippen LogP contribution in [0, 0.1) is 18.3 Å². The van der Waals surface area contributed by atoms with Gasteiger partial charge in [-0.05, 0) is 24.6 Å². The third kappa shape index (κ3) is 4.79. The molecular weight excluding hydrogens is 412 g/mol. The topological polar surface area (TPSA) is 141 Å². The van der Waals surface area contributed by atoms with Crippen molar-refractivity contribution in [3.05, 3.63) is 36.3 Å². The molecule has 2 aromatic heterocycles. The first-order chi connectivity index (χ1) is 13.8. The van der Waals surface area contributed by atoms with Crippen LogP contribution in [0.1, 0.15) is 12.1 Å². The number of urea groups is 1. The first-order valence-corrected chi connectivity index (χ1v) is 11.2. The number of imidazole rings is 1. The largest absolute Gasteiger partial charge is 0.345 e. The minimum atomic E-state index is -3.45. The highest BCUT2D eigenvalue weighted by molar-refractivity contribution is 7.90. The lowest BCUT2D eigenvalue weighted by molar-refractivity contribution is 0.252. The number of thiazole rings is 1. The van der Waals surface area contributed by atoms with Crippen LogP contribution >= 0.6 is 11.3 Å². The maximum atomic E-state index is 12.2. The molecule has 0 saturated heterocycles. The number of carbonyl (C=O) groups excluding carboxylic acids is 1. The summed E-state index contributed by atoms with van der Waals surface area (Å²) in [6.45, 7) is 2.06. The number of hydrogen-bond acceptors (Lipinski definition) is 7. The third-order valence-electron chi connectivity index (χ3n) is 3.93. The second kappa shape index (κ2) is 8.42. The van der Waals surface area contributed by atoms with E-state index in [1.165, 1.54) is 11.3 Å². The number of carbonyl (C=O) groups is 1. The fourth-order valence-corrected chi connectivity index (χ4v) is 4.51. The van der Waals surface area contributed by atoms with Crippen molar-refractivity contribution in [1.82, 2.24) is 20.3 Å². The lowest BCUT2D eigenvalue weighted by Gasteiger charge is -2.08. The summed E-state index contributed by atoms with van der Waals surface area (Å²) >= 11 is 1.27. The zero-order chi connectivity index (χ0) is 21.0. The number of aryl methyl sites for hydroxylation is 1. The van der Waals surface area contributed by atoms with Crippen LogP contribution in [0.4, 0.5) is 9.93 Å². The Balaban J connectivity index is 1.94. The number of sulfone groups is 1. The maximum absolute atomic E-state index is 12.2. The summed E-state index contributed by atoms with van der Waals surface area (Å²) in [5.41, 5.74) is 1.92. The molecule has 0 fully saturated rings. The third-order valence-corrected chi connectivity index (χ3v) is 6.21. The van der Waals surface area contributed by atoms with Gasteiger partial charge < -0.3 is 10.3 Å². The van der Waals surface area contributed by atoms with Crippen molar-refractivity contribution in [1.29, 1.82) is 5.26 Å². The average Bonchev–Trinajstić information content (AvgIpc) is 3.30. The summed E-state index contributed by atoms with van der Waals surface area (Å²) in [6.07, 6.45) is 4.55. The monoisotopic (exact) mass is 430 g/mol. The number of anilines is 1. The van der Waals surface area contributed by atoms with Crippen LogP contribution in [-0.2, 0) is 9.84 Å². The Bertz CT molecular complexity index is 1180. The van der Waals surface area contributed by atoms with Crippen LogP contribution in [0.5, 0.6) is 0 Å². The number of amides is 2. The van der Waals surface area contributed by atoms with Crippen molar-refractivity contribution >= 4 is 32.3 Å². The predicted octanol–water partition coefficient (Wildman–Crippen LogP) is 2.95. The van der Waals surface area contributed by atoms with Crippen molar-refractivity contribution < 1.29 is 13.2 Å². The van der Waals surface area contributed by atoms with Gasteiger partial charge in [-0.3, -0.25) is 5.32 Å². The van der Waals surface area contributed by atoms with Crippen molar-refractivity contribution in [3.63, 3.8) is 0 Å². The number of benzene rings is 1. The number of nitrogens with one attached hydrogen (secondary N) is 3. The van der Waals surface area contributed by atoms with Gasteiger partial charge in [0.05, 0.1) is 28.0 Å². The molecule has 0 atom stereocenters. The first-order valence-electron chi connectivity index (χ1n) is 8.53. The molecule has 3 rings (SSSR count). The van der Waals surface area contributed by atoms with Gasteiger partial charge in [0, 0.05) is 30.8 Å². The summed E-state index contributed by atoms with van der Waals surface area (Å²) < 4.78 is 24.3. The molecular formula is C18H18N6O3S2. The molecule has 150 valence electrons. The van der Waals surface area contributed by atoms with Gasteiger partial charge >= 0.3 is 6.03 Å². The van der Waals surface area contributed by atoms with Crippen LogP contribution in [0.15, 0.2) is 35.5 Å². The Morgan fingerprint density at radius 3 is 2.83 bits per heavy atom. The first kappa shape index (κ1) is 20.5. The average molecular weight is 431 g/mol. The number of aromatic nitrogens is 3. The van der Waals surface area contributed by atoms with Crippen LogP contribution < -0.4 is 10.6 Å². The van der Waals surface area contributed by atoms with E-state index in [0.29, 0.717) is 22.2 Å². The number of hydrogen-bond donors (Lipinski definition) is 3. The molecule has 3 N–H and O–H groups in total. The zero-order valence-corrected chi connectivity index (χ0v) is 17.3. The highest BCUT2D eigenvalue weighted by Crippen LogP contribution is 2.36. The molecule has 0 aliphatic carbocycles. The fraction of sp³-hybridized carbons (Fsp3) is 0.222. The quantitative estimate of drug-likeness (QED) is 0.514. The van der Waals surface area contributed by atoms with Gasteiger partial charge in [0.1, 0.15) is 5.82 Å². The molecule has 11 heteroatoms. The maximum Gasteiger partial charge on any atom is 0.321 e. The summed E-state index contributed by atoms with van der Waals surface area (Å²) in [5.74, 6) is 0.449. The van der Waals surface area contributed by atoms with E-state index in [4.69, 9.17) is 5.26 Å². The minimum Gasteiger partial charge on any atom is -0.345 e. The standard InChI is InChI=1S/C18H18N6O3S2/c1-11-15(28-18(23-11)24-17(25)22-7-3-6-19)12-4-5-14(29(2,26)27)13(10-12)16-20-8-9-21-16/h4-5,8-10H,3,7H2,1-2H3,(H,20,21)(H2,22,23,24,25). The lowest BCUT2D eigenvalue weighted by atomic mass is 10.1. The highest BCUT2D eigenvalue weighted by Gasteiger charge is 2.19. The van der Waals surface area contributed by atoms with Crippen molar-refractivity contribution in [2.24, 2.45) is 0 Å². The Morgan fingerprint density at radius 1 is 1.38 bits per heavy atom. The summed E-state index contributed by atoms with van der Waals surface area (Å²) in [5, 5.41) is 14.1. The van der Waals surface area contributed by atoms with Gasteiger partial charge in [0.15, 0.2) is 15.0 Å². The molecule has 1 aromatic carbocycles. The molecule has 0 aliphatic rings. The zero-order valence-electron chi connectivity index (χ0n) is 15.7. The summed E-state index contributed by atoms with van der Waals surface area (Å²) in [6, 6.07) is 6.50. The molecule has 0 unspecified atom stereocenters. The lowest BCUT2D eigenvalue weighted by Crippen LogP contribution is -2.29. The van der Waals surface area contributed by atoms with E-state index in [2.05, 4.69) is 25.6 Å². The Kier molecular flexibility index (Phi) is 5.95. The van der Waals surface area contributed by atoms with E-state index < -0.39 is 15.9 Å². The minimum absolute atomic E-state index is 0.175. The molecule has 2 amide bonds. The molecule has 29 heavy (non-hydrogen) atoms. The fourth-order valence-electron chi connectivity index (χ4n) is 2.68. The van der Waals surface area contributed by atoms with Gasteiger partial charge in [-0.1, -0.05) is 17.4 Å². The second-order valence-corrected chi connectivity index (χ2v) is 9.13. The molecule has 0 spiro atoms. The molecule has 0 saturated carbocycles. The van der Waals surface area contributed by atoms with Gasteiger partial charge in [-0.2, -0.15) is 5.26 Å². The predicted molar refractivity (Wildman–Crippen MR) is 110 cm³/mol. The molecule has 0 aliphatic heterocycles. The molecule has 9 nitrogen and oxygen atoms in total. The van der Waals surface area contributed by atoms with Crippen LogP contribution in [0.3, 0.4) is 0 Å². The van der Waals surface area contributed by atoms with E-state index in [1.54, 1.807) is 30.6 Å². The van der Waals surface area contributed by atoms with Crippen molar-refractivity contribution in [2.45, 2.75) is 18.2 Å². The van der Waals surface area contributed by atoms with Gasteiger partial charge in [0.25, 0.3) is 0 Å². The molecule has 0 bridgehead atoms. The van der Waals surface area contributed by atoms with Gasteiger partial charge in [-0.15, -0.1) is 0 Å². The Hall–Kier alpha value is -3.23. The van der Waals surface area contributed by atoms with E-state index in [9.17, 15) is 13.2 Å². The number of H-pyrrole nitrogens is 1. The second-order valence-electron chi connectivity index (χ2n) is 6.14. The number of nitriles is 1. The number of aromatic amines is 1. The number of nitrogens with zero attached hydrogens (tertiary/aromatic N) is 3. The van der Waals surface area contributed by atoms with E-state index in [1.807, 2.05) is 13.0 Å². The highest BCUT2D eigenvalue weighted by atomic mass is 32.2. The van der Waals surface area contributed by atoms with Crippen LogP contribution in [-0.4, -0.2) is 42.2 Å². The Labute approximate surface area is 171 Å². The van der Waals surface area contributed by atoms with Crippen LogP contribution in [0.2, 0.25) is 0 Å². The van der Waals surface area contributed by atoms with Gasteiger partial charge in [0.2, 0.25) is 0 Å². The molecule has 0 radical (unpaired) electrons. The SMILES string of the molecule is Cc1nc(NC(=O)NCCC#N)sc1-c1ccc(S(C)(=O)=O)c(-c2ncc[nH]2)c1.